The van der Waals surface area contributed by atoms with Crippen molar-refractivity contribution in [3.63, 3.8) is 0 Å². The van der Waals surface area contributed by atoms with Gasteiger partial charge in [0.1, 0.15) is 0 Å². The average Bonchev–Trinajstić information content (AvgIpc) is 2.47. The molecule has 0 fully saturated rings. The molecule has 1 heterocycles. The lowest BCUT2D eigenvalue weighted by atomic mass is 10.0. The van der Waals surface area contributed by atoms with E-state index in [-0.39, 0.29) is 11.9 Å². The Kier molecular flexibility index (Phi) is 4.32. The average molecular weight is 270 g/mol. The van der Waals surface area contributed by atoms with Crippen LogP contribution in [0.5, 0.6) is 0 Å². The van der Waals surface area contributed by atoms with E-state index in [4.69, 9.17) is 5.84 Å². The van der Waals surface area contributed by atoms with E-state index in [1.165, 1.54) is 6.20 Å². The monoisotopic (exact) mass is 270 g/mol. The summed E-state index contributed by atoms with van der Waals surface area (Å²) >= 11 is 0. The van der Waals surface area contributed by atoms with Crippen LogP contribution >= 0.6 is 0 Å². The maximum atomic E-state index is 12.3. The molecule has 1 atom stereocenters. The fourth-order valence-electron chi connectivity index (χ4n) is 2.13. The molecular weight excluding hydrogens is 252 g/mol. The van der Waals surface area contributed by atoms with Crippen LogP contribution in [0.15, 0.2) is 42.7 Å². The lowest BCUT2D eigenvalue weighted by Crippen LogP contribution is -2.28. The summed E-state index contributed by atoms with van der Waals surface area (Å²) in [7, 11) is 0. The summed E-state index contributed by atoms with van der Waals surface area (Å²) in [5.74, 6) is 5.20. The number of pyridine rings is 1. The molecule has 1 aromatic carbocycles. The third kappa shape index (κ3) is 2.95. The molecule has 20 heavy (non-hydrogen) atoms. The molecule has 0 spiro atoms. The highest BCUT2D eigenvalue weighted by Gasteiger charge is 2.15. The smallest absolute Gasteiger partial charge is 0.254 e. The predicted molar refractivity (Wildman–Crippen MR) is 79.1 cm³/mol. The van der Waals surface area contributed by atoms with Crippen molar-refractivity contribution in [2.75, 3.05) is 5.43 Å². The Labute approximate surface area is 118 Å². The van der Waals surface area contributed by atoms with Gasteiger partial charge in [-0.05, 0) is 31.0 Å². The van der Waals surface area contributed by atoms with Crippen molar-refractivity contribution in [1.82, 2.24) is 10.3 Å². The number of amides is 1. The van der Waals surface area contributed by atoms with Crippen LogP contribution in [0.1, 0.15) is 34.5 Å². The molecule has 0 radical (unpaired) electrons. The van der Waals surface area contributed by atoms with E-state index in [9.17, 15) is 4.79 Å². The highest BCUT2D eigenvalue weighted by molar-refractivity contribution is 5.99. The van der Waals surface area contributed by atoms with Gasteiger partial charge in [-0.25, -0.2) is 0 Å². The molecule has 0 aliphatic heterocycles. The van der Waals surface area contributed by atoms with E-state index in [1.807, 2.05) is 38.1 Å². The largest absolute Gasteiger partial charge is 0.345 e. The van der Waals surface area contributed by atoms with Crippen LogP contribution in [0.25, 0.3) is 0 Å². The van der Waals surface area contributed by atoms with E-state index in [1.54, 1.807) is 12.3 Å². The van der Waals surface area contributed by atoms with Gasteiger partial charge in [0, 0.05) is 6.20 Å². The molecular formula is C15H18N4O. The summed E-state index contributed by atoms with van der Waals surface area (Å²) < 4.78 is 0. The van der Waals surface area contributed by atoms with E-state index in [2.05, 4.69) is 15.7 Å². The lowest BCUT2D eigenvalue weighted by Gasteiger charge is -2.17. The second kappa shape index (κ2) is 6.16. The number of nitrogen functional groups attached to an aromatic ring is 1. The van der Waals surface area contributed by atoms with Crippen LogP contribution < -0.4 is 16.6 Å². The first-order chi connectivity index (χ1) is 9.63. The minimum Gasteiger partial charge on any atom is -0.345 e. The number of rotatable bonds is 4. The fourth-order valence-corrected chi connectivity index (χ4v) is 2.13. The number of benzene rings is 1. The topological polar surface area (TPSA) is 80.0 Å². The minimum atomic E-state index is -0.184. The number of aryl methyl sites for hydroxylation is 1. The molecule has 0 saturated carbocycles. The van der Waals surface area contributed by atoms with Gasteiger partial charge >= 0.3 is 0 Å². The van der Waals surface area contributed by atoms with Crippen molar-refractivity contribution in [1.29, 1.82) is 0 Å². The number of carbonyl (C=O) groups excluding carboxylic acids is 1. The number of anilines is 1. The number of nitrogens with two attached hydrogens (primary N) is 1. The van der Waals surface area contributed by atoms with Crippen molar-refractivity contribution in [2.45, 2.75) is 19.9 Å². The van der Waals surface area contributed by atoms with Gasteiger partial charge in [0.05, 0.1) is 23.5 Å². The molecule has 104 valence electrons. The number of nitrogens with one attached hydrogen (secondary N) is 2. The molecule has 0 bridgehead atoms. The maximum Gasteiger partial charge on any atom is 0.254 e. The summed E-state index contributed by atoms with van der Waals surface area (Å²) in [5, 5.41) is 2.97. The molecule has 5 heteroatoms. The van der Waals surface area contributed by atoms with Crippen molar-refractivity contribution >= 4 is 11.6 Å². The van der Waals surface area contributed by atoms with Crippen LogP contribution in [-0.2, 0) is 0 Å². The normalized spacial score (nSPS) is 11.8. The Morgan fingerprint density at radius 3 is 2.75 bits per heavy atom. The SMILES string of the molecule is Cc1ccccc1C(C)NC(=O)c1ccncc1NN. The Hall–Kier alpha value is -2.40. The number of carbonyl (C=O) groups is 1. The van der Waals surface area contributed by atoms with Gasteiger partial charge in [-0.2, -0.15) is 0 Å². The second-order valence-electron chi connectivity index (χ2n) is 4.62. The number of hydrazine groups is 1. The molecule has 4 N–H and O–H groups in total. The van der Waals surface area contributed by atoms with Crippen LogP contribution in [0.2, 0.25) is 0 Å². The third-order valence-electron chi connectivity index (χ3n) is 3.22. The maximum absolute atomic E-state index is 12.3. The summed E-state index contributed by atoms with van der Waals surface area (Å²) in [5.41, 5.74) is 5.69. The Morgan fingerprint density at radius 1 is 1.30 bits per heavy atom. The number of hydrogen-bond acceptors (Lipinski definition) is 4. The van der Waals surface area contributed by atoms with Crippen LogP contribution in [-0.4, -0.2) is 10.9 Å². The van der Waals surface area contributed by atoms with E-state index >= 15 is 0 Å². The highest BCUT2D eigenvalue weighted by atomic mass is 16.1. The molecule has 2 rings (SSSR count). The Balaban J connectivity index is 2.18. The van der Waals surface area contributed by atoms with Crippen molar-refractivity contribution in [3.8, 4) is 0 Å². The number of nitrogens with zero attached hydrogens (tertiary/aromatic N) is 1. The van der Waals surface area contributed by atoms with Gasteiger partial charge in [0.2, 0.25) is 0 Å². The van der Waals surface area contributed by atoms with E-state index in [0.717, 1.165) is 11.1 Å². The lowest BCUT2D eigenvalue weighted by molar-refractivity contribution is 0.0940. The molecule has 0 aliphatic rings. The Bertz CT molecular complexity index is 612. The van der Waals surface area contributed by atoms with Gasteiger partial charge in [-0.1, -0.05) is 24.3 Å². The molecule has 5 nitrogen and oxygen atoms in total. The van der Waals surface area contributed by atoms with Gasteiger partial charge < -0.3 is 10.7 Å². The van der Waals surface area contributed by atoms with Crippen LogP contribution in [0.3, 0.4) is 0 Å². The highest BCUT2D eigenvalue weighted by Crippen LogP contribution is 2.18. The van der Waals surface area contributed by atoms with Gasteiger partial charge in [-0.3, -0.25) is 15.6 Å². The van der Waals surface area contributed by atoms with Crippen molar-refractivity contribution in [3.05, 3.63) is 59.4 Å². The zero-order chi connectivity index (χ0) is 14.5. The van der Waals surface area contributed by atoms with Crippen LogP contribution in [0.4, 0.5) is 5.69 Å². The summed E-state index contributed by atoms with van der Waals surface area (Å²) in [4.78, 5) is 16.2. The number of aromatic nitrogens is 1. The second-order valence-corrected chi connectivity index (χ2v) is 4.62. The number of hydrogen-bond donors (Lipinski definition) is 3. The van der Waals surface area contributed by atoms with E-state index in [0.29, 0.717) is 11.3 Å². The minimum absolute atomic E-state index is 0.0810. The van der Waals surface area contributed by atoms with Crippen LogP contribution in [0, 0.1) is 6.92 Å². The van der Waals surface area contributed by atoms with E-state index < -0.39 is 0 Å². The first-order valence-electron chi connectivity index (χ1n) is 6.40. The molecule has 1 amide bonds. The van der Waals surface area contributed by atoms with Crippen molar-refractivity contribution < 1.29 is 4.79 Å². The molecule has 2 aromatic rings. The van der Waals surface area contributed by atoms with Gasteiger partial charge in [-0.15, -0.1) is 0 Å². The third-order valence-corrected chi connectivity index (χ3v) is 3.22. The van der Waals surface area contributed by atoms with Gasteiger partial charge in [0.15, 0.2) is 0 Å². The van der Waals surface area contributed by atoms with Gasteiger partial charge in [0.25, 0.3) is 5.91 Å². The standard InChI is InChI=1S/C15H18N4O/c1-10-5-3-4-6-12(10)11(2)18-15(20)13-7-8-17-9-14(13)19-16/h3-9,11,19H,16H2,1-2H3,(H,18,20). The van der Waals surface area contributed by atoms with Crippen molar-refractivity contribution in [2.24, 2.45) is 5.84 Å². The predicted octanol–water partition coefficient (Wildman–Crippen LogP) is 2.17. The molecule has 0 aliphatic carbocycles. The molecule has 1 unspecified atom stereocenters. The first kappa shape index (κ1) is 14.0. The molecule has 1 aromatic heterocycles. The first-order valence-corrected chi connectivity index (χ1v) is 6.40. The zero-order valence-corrected chi connectivity index (χ0v) is 11.6. The Morgan fingerprint density at radius 2 is 2.05 bits per heavy atom. The summed E-state index contributed by atoms with van der Waals surface area (Å²) in [6, 6.07) is 9.53. The summed E-state index contributed by atoms with van der Waals surface area (Å²) in [6.07, 6.45) is 3.08. The fraction of sp³-hybridized carbons (Fsp3) is 0.200. The summed E-state index contributed by atoms with van der Waals surface area (Å²) in [6.45, 7) is 3.98. The zero-order valence-electron chi connectivity index (χ0n) is 11.6. The quantitative estimate of drug-likeness (QED) is 0.587. The molecule has 0 saturated heterocycles.